The Balaban J connectivity index is 1.49. The van der Waals surface area contributed by atoms with Crippen LogP contribution in [0.2, 0.25) is 0 Å². The van der Waals surface area contributed by atoms with Gasteiger partial charge in [0, 0.05) is 18.5 Å². The zero-order chi connectivity index (χ0) is 18.1. The summed E-state index contributed by atoms with van der Waals surface area (Å²) in [5, 5.41) is 10.7. The molecule has 3 heterocycles. The molecule has 1 saturated heterocycles. The number of anilines is 2. The van der Waals surface area contributed by atoms with Crippen LogP contribution in [0.15, 0.2) is 42.7 Å². The number of rotatable bonds is 3. The Kier molecular flexibility index (Phi) is 4.30. The van der Waals surface area contributed by atoms with Gasteiger partial charge in [-0.3, -0.25) is 9.89 Å². The van der Waals surface area contributed by atoms with Gasteiger partial charge in [-0.2, -0.15) is 5.10 Å². The molecular weight excluding hydrogens is 330 g/mol. The molecule has 2 aromatic heterocycles. The lowest BCUT2D eigenvalue weighted by atomic mass is 10.1. The summed E-state index contributed by atoms with van der Waals surface area (Å²) in [7, 11) is 0. The topological polar surface area (TPSA) is 83.1 Å². The number of hydrogen-bond donors (Lipinski definition) is 2. The minimum atomic E-state index is -0.192. The average molecular weight is 351 g/mol. The SMILES string of the molecule is C[C@@H]1CN(c2ccc(NC(=O)c3cccc4cn[nH]c34)cn2)C[C@H](C)O1. The van der Waals surface area contributed by atoms with E-state index in [1.54, 1.807) is 18.5 Å². The number of nitrogens with zero attached hydrogens (tertiary/aromatic N) is 3. The van der Waals surface area contributed by atoms with Crippen LogP contribution in [0.4, 0.5) is 11.5 Å². The Morgan fingerprint density at radius 1 is 1.19 bits per heavy atom. The van der Waals surface area contributed by atoms with Crippen molar-refractivity contribution in [2.75, 3.05) is 23.3 Å². The van der Waals surface area contributed by atoms with E-state index in [2.05, 4.69) is 39.2 Å². The number of hydrogen-bond acceptors (Lipinski definition) is 5. The number of para-hydroxylation sites is 1. The van der Waals surface area contributed by atoms with Crippen LogP contribution >= 0.6 is 0 Å². The fourth-order valence-electron chi connectivity index (χ4n) is 3.37. The Labute approximate surface area is 151 Å². The molecule has 0 radical (unpaired) electrons. The zero-order valence-corrected chi connectivity index (χ0v) is 14.8. The largest absolute Gasteiger partial charge is 0.372 e. The van der Waals surface area contributed by atoms with E-state index in [-0.39, 0.29) is 18.1 Å². The molecule has 7 nitrogen and oxygen atoms in total. The number of nitrogens with one attached hydrogen (secondary N) is 2. The Morgan fingerprint density at radius 3 is 2.73 bits per heavy atom. The van der Waals surface area contributed by atoms with Crippen molar-refractivity contribution in [1.82, 2.24) is 15.2 Å². The van der Waals surface area contributed by atoms with Crippen molar-refractivity contribution in [1.29, 1.82) is 0 Å². The number of carbonyl (C=O) groups excluding carboxylic acids is 1. The molecule has 1 fully saturated rings. The average Bonchev–Trinajstić information content (AvgIpc) is 3.10. The molecule has 0 saturated carbocycles. The highest BCUT2D eigenvalue weighted by Gasteiger charge is 2.23. The molecule has 2 atom stereocenters. The van der Waals surface area contributed by atoms with Crippen molar-refractivity contribution < 1.29 is 9.53 Å². The van der Waals surface area contributed by atoms with E-state index in [9.17, 15) is 4.79 Å². The van der Waals surface area contributed by atoms with Crippen LogP contribution in [0.5, 0.6) is 0 Å². The smallest absolute Gasteiger partial charge is 0.257 e. The predicted octanol–water partition coefficient (Wildman–Crippen LogP) is 2.82. The van der Waals surface area contributed by atoms with Gasteiger partial charge in [0.2, 0.25) is 0 Å². The maximum Gasteiger partial charge on any atom is 0.257 e. The number of fused-ring (bicyclic) bond motifs is 1. The molecule has 134 valence electrons. The van der Waals surface area contributed by atoms with Gasteiger partial charge in [0.25, 0.3) is 5.91 Å². The van der Waals surface area contributed by atoms with E-state index >= 15 is 0 Å². The number of aromatic amines is 1. The number of ether oxygens (including phenoxy) is 1. The molecule has 1 aliphatic rings. The van der Waals surface area contributed by atoms with Gasteiger partial charge in [-0.15, -0.1) is 0 Å². The Bertz CT molecular complexity index is 911. The first-order chi connectivity index (χ1) is 12.6. The molecule has 0 aliphatic carbocycles. The second-order valence-electron chi connectivity index (χ2n) is 6.66. The summed E-state index contributed by atoms with van der Waals surface area (Å²) in [6.07, 6.45) is 3.74. The highest BCUT2D eigenvalue weighted by Crippen LogP contribution is 2.21. The number of aromatic nitrogens is 3. The van der Waals surface area contributed by atoms with Gasteiger partial charge in [-0.25, -0.2) is 4.98 Å². The van der Waals surface area contributed by atoms with E-state index in [1.807, 2.05) is 24.3 Å². The predicted molar refractivity (Wildman–Crippen MR) is 101 cm³/mol. The molecule has 1 aliphatic heterocycles. The maximum atomic E-state index is 12.6. The third-order valence-corrected chi connectivity index (χ3v) is 4.47. The first kappa shape index (κ1) is 16.5. The number of carbonyl (C=O) groups is 1. The van der Waals surface area contributed by atoms with Crippen molar-refractivity contribution in [3.05, 3.63) is 48.3 Å². The maximum absolute atomic E-state index is 12.6. The summed E-state index contributed by atoms with van der Waals surface area (Å²) in [4.78, 5) is 19.3. The van der Waals surface area contributed by atoms with Crippen molar-refractivity contribution in [3.8, 4) is 0 Å². The van der Waals surface area contributed by atoms with Gasteiger partial charge in [0.15, 0.2) is 0 Å². The van der Waals surface area contributed by atoms with Crippen LogP contribution in [-0.2, 0) is 4.74 Å². The minimum absolute atomic E-state index is 0.176. The van der Waals surface area contributed by atoms with Crippen molar-refractivity contribution in [2.24, 2.45) is 0 Å². The summed E-state index contributed by atoms with van der Waals surface area (Å²) < 4.78 is 5.76. The van der Waals surface area contributed by atoms with Gasteiger partial charge in [0.1, 0.15) is 5.82 Å². The van der Waals surface area contributed by atoms with Gasteiger partial charge >= 0.3 is 0 Å². The molecule has 0 unspecified atom stereocenters. The lowest BCUT2D eigenvalue weighted by Crippen LogP contribution is -2.45. The lowest BCUT2D eigenvalue weighted by molar-refractivity contribution is -0.00545. The van der Waals surface area contributed by atoms with Gasteiger partial charge in [-0.05, 0) is 32.0 Å². The monoisotopic (exact) mass is 351 g/mol. The van der Waals surface area contributed by atoms with Crippen LogP contribution in [0.3, 0.4) is 0 Å². The van der Waals surface area contributed by atoms with Crippen molar-refractivity contribution in [3.63, 3.8) is 0 Å². The van der Waals surface area contributed by atoms with Crippen LogP contribution in [-0.4, -0.2) is 46.4 Å². The number of H-pyrrole nitrogens is 1. The number of morpholine rings is 1. The fraction of sp³-hybridized carbons (Fsp3) is 0.316. The second-order valence-corrected chi connectivity index (χ2v) is 6.66. The van der Waals surface area contributed by atoms with Gasteiger partial charge < -0.3 is 15.0 Å². The van der Waals surface area contributed by atoms with Crippen LogP contribution in [0, 0.1) is 0 Å². The summed E-state index contributed by atoms with van der Waals surface area (Å²) in [6.45, 7) is 5.75. The molecule has 1 aromatic carbocycles. The molecule has 7 heteroatoms. The Morgan fingerprint density at radius 2 is 2.00 bits per heavy atom. The van der Waals surface area contributed by atoms with Crippen LogP contribution < -0.4 is 10.2 Å². The molecule has 1 amide bonds. The van der Waals surface area contributed by atoms with Crippen molar-refractivity contribution in [2.45, 2.75) is 26.1 Å². The molecule has 3 aromatic rings. The molecule has 0 bridgehead atoms. The van der Waals surface area contributed by atoms with E-state index in [0.29, 0.717) is 11.3 Å². The standard InChI is InChI=1S/C19H21N5O2/c1-12-10-24(11-13(2)26-12)17-7-6-15(9-20-17)22-19(25)16-5-3-4-14-8-21-23-18(14)16/h3-9,12-13H,10-11H2,1-2H3,(H,21,23)(H,22,25)/t12-,13+. The highest BCUT2D eigenvalue weighted by molar-refractivity contribution is 6.11. The molecule has 2 N–H and O–H groups in total. The zero-order valence-electron chi connectivity index (χ0n) is 14.8. The van der Waals surface area contributed by atoms with E-state index < -0.39 is 0 Å². The normalized spacial score (nSPS) is 20.3. The van der Waals surface area contributed by atoms with E-state index in [4.69, 9.17) is 4.74 Å². The van der Waals surface area contributed by atoms with Crippen molar-refractivity contribution >= 4 is 28.3 Å². The number of pyridine rings is 1. The van der Waals surface area contributed by atoms with Crippen LogP contribution in [0.25, 0.3) is 10.9 Å². The lowest BCUT2D eigenvalue weighted by Gasteiger charge is -2.36. The van der Waals surface area contributed by atoms with E-state index in [0.717, 1.165) is 29.8 Å². The van der Waals surface area contributed by atoms with Crippen LogP contribution in [0.1, 0.15) is 24.2 Å². The summed E-state index contributed by atoms with van der Waals surface area (Å²) in [5.74, 6) is 0.698. The summed E-state index contributed by atoms with van der Waals surface area (Å²) in [5.41, 5.74) is 1.94. The summed E-state index contributed by atoms with van der Waals surface area (Å²) >= 11 is 0. The van der Waals surface area contributed by atoms with Gasteiger partial charge in [-0.1, -0.05) is 12.1 Å². The molecular formula is C19H21N5O2. The molecule has 4 rings (SSSR count). The first-order valence-electron chi connectivity index (χ1n) is 8.70. The molecule has 26 heavy (non-hydrogen) atoms. The number of benzene rings is 1. The second kappa shape index (κ2) is 6.76. The quantitative estimate of drug-likeness (QED) is 0.758. The fourth-order valence-corrected chi connectivity index (χ4v) is 3.37. The molecule has 0 spiro atoms. The minimum Gasteiger partial charge on any atom is -0.372 e. The number of amides is 1. The highest BCUT2D eigenvalue weighted by atomic mass is 16.5. The Hall–Kier alpha value is -2.93. The third-order valence-electron chi connectivity index (χ3n) is 4.47. The first-order valence-corrected chi connectivity index (χ1v) is 8.70. The van der Waals surface area contributed by atoms with Gasteiger partial charge in [0.05, 0.1) is 41.4 Å². The third kappa shape index (κ3) is 3.25. The van der Waals surface area contributed by atoms with E-state index in [1.165, 1.54) is 0 Å². The summed E-state index contributed by atoms with van der Waals surface area (Å²) in [6, 6.07) is 9.33.